The maximum Gasteiger partial charge on any atom is 0.412 e. The van der Waals surface area contributed by atoms with Gasteiger partial charge in [-0.1, -0.05) is 25.1 Å². The summed E-state index contributed by atoms with van der Waals surface area (Å²) in [6.45, 7) is 2.29. The van der Waals surface area contributed by atoms with Crippen molar-refractivity contribution < 1.29 is 14.6 Å². The van der Waals surface area contributed by atoms with Crippen molar-refractivity contribution in [2.75, 3.05) is 13.2 Å². The highest BCUT2D eigenvalue weighted by Gasteiger charge is 2.05. The van der Waals surface area contributed by atoms with Crippen LogP contribution < -0.4 is 10.1 Å². The molecule has 0 saturated heterocycles. The second-order valence-electron chi connectivity index (χ2n) is 3.37. The molecule has 82 valence electrons. The minimum absolute atomic E-state index is 0.0355. The molecule has 0 heterocycles. The topological polar surface area (TPSA) is 58.6 Å². The third-order valence-electron chi connectivity index (χ3n) is 1.86. The van der Waals surface area contributed by atoms with Crippen molar-refractivity contribution in [3.05, 3.63) is 30.3 Å². The number of para-hydroxylation sites is 1. The van der Waals surface area contributed by atoms with Crippen LogP contribution in [0.1, 0.15) is 6.92 Å². The van der Waals surface area contributed by atoms with Gasteiger partial charge in [0.25, 0.3) is 0 Å². The molecule has 1 amide bonds. The lowest BCUT2D eigenvalue weighted by atomic mass is 10.2. The molecule has 2 N–H and O–H groups in total. The maximum absolute atomic E-state index is 11.2. The number of aliphatic hydroxyl groups excluding tert-OH is 1. The van der Waals surface area contributed by atoms with Crippen molar-refractivity contribution in [3.8, 4) is 5.75 Å². The zero-order valence-electron chi connectivity index (χ0n) is 8.64. The summed E-state index contributed by atoms with van der Waals surface area (Å²) in [6.07, 6.45) is -0.499. The molecular formula is C11H15NO3. The number of ether oxygens (including phenoxy) is 1. The van der Waals surface area contributed by atoms with Gasteiger partial charge in [0.2, 0.25) is 0 Å². The molecule has 0 aliphatic rings. The molecule has 0 fully saturated rings. The van der Waals surface area contributed by atoms with Crippen LogP contribution in [0.4, 0.5) is 4.79 Å². The Morgan fingerprint density at radius 1 is 1.47 bits per heavy atom. The van der Waals surface area contributed by atoms with E-state index in [0.717, 1.165) is 0 Å². The van der Waals surface area contributed by atoms with Gasteiger partial charge in [0, 0.05) is 13.2 Å². The van der Waals surface area contributed by atoms with Crippen LogP contribution in [0.3, 0.4) is 0 Å². The van der Waals surface area contributed by atoms with E-state index in [1.54, 1.807) is 24.3 Å². The lowest BCUT2D eigenvalue weighted by Gasteiger charge is -2.09. The van der Waals surface area contributed by atoms with Gasteiger partial charge in [-0.05, 0) is 18.1 Å². The fourth-order valence-electron chi connectivity index (χ4n) is 0.954. The summed E-state index contributed by atoms with van der Waals surface area (Å²) in [7, 11) is 0. The summed E-state index contributed by atoms with van der Waals surface area (Å²) in [5.74, 6) is 0.542. The van der Waals surface area contributed by atoms with E-state index >= 15 is 0 Å². The van der Waals surface area contributed by atoms with Crippen LogP contribution in [0.15, 0.2) is 30.3 Å². The van der Waals surface area contributed by atoms with Gasteiger partial charge in [0.15, 0.2) is 0 Å². The van der Waals surface area contributed by atoms with E-state index in [9.17, 15) is 4.79 Å². The zero-order chi connectivity index (χ0) is 11.1. The van der Waals surface area contributed by atoms with E-state index in [2.05, 4.69) is 5.32 Å². The molecule has 0 aromatic heterocycles. The minimum atomic E-state index is -0.499. The second-order valence-corrected chi connectivity index (χ2v) is 3.37. The molecule has 1 aromatic rings. The van der Waals surface area contributed by atoms with Gasteiger partial charge in [-0.2, -0.15) is 0 Å². The number of benzene rings is 1. The van der Waals surface area contributed by atoms with Crippen LogP contribution in [-0.2, 0) is 0 Å². The number of hydrogen-bond acceptors (Lipinski definition) is 3. The van der Waals surface area contributed by atoms with Gasteiger partial charge in [0.1, 0.15) is 5.75 Å². The maximum atomic E-state index is 11.2. The van der Waals surface area contributed by atoms with Gasteiger partial charge in [-0.25, -0.2) is 4.79 Å². The molecule has 4 nitrogen and oxygen atoms in total. The molecule has 4 heteroatoms. The van der Waals surface area contributed by atoms with Crippen molar-refractivity contribution in [1.82, 2.24) is 5.32 Å². The van der Waals surface area contributed by atoms with Crippen molar-refractivity contribution >= 4 is 6.09 Å². The molecular weight excluding hydrogens is 194 g/mol. The Balaban J connectivity index is 2.31. The number of hydrogen-bond donors (Lipinski definition) is 2. The van der Waals surface area contributed by atoms with Crippen LogP contribution in [0, 0.1) is 5.92 Å². The Morgan fingerprint density at radius 2 is 2.13 bits per heavy atom. The Morgan fingerprint density at radius 3 is 2.73 bits per heavy atom. The first-order chi connectivity index (χ1) is 7.22. The highest BCUT2D eigenvalue weighted by atomic mass is 16.6. The monoisotopic (exact) mass is 209 g/mol. The molecule has 15 heavy (non-hydrogen) atoms. The normalized spacial score (nSPS) is 11.9. The molecule has 1 aromatic carbocycles. The van der Waals surface area contributed by atoms with Gasteiger partial charge in [-0.15, -0.1) is 0 Å². The number of carbonyl (C=O) groups is 1. The summed E-state index contributed by atoms with van der Waals surface area (Å²) in [5.41, 5.74) is 0. The molecule has 0 aliphatic heterocycles. The van der Waals surface area contributed by atoms with E-state index in [4.69, 9.17) is 9.84 Å². The first-order valence-corrected chi connectivity index (χ1v) is 4.84. The Bertz CT molecular complexity index is 300. The van der Waals surface area contributed by atoms with Gasteiger partial charge in [-0.3, -0.25) is 0 Å². The molecule has 0 saturated carbocycles. The quantitative estimate of drug-likeness (QED) is 0.788. The second kappa shape index (κ2) is 6.03. The lowest BCUT2D eigenvalue weighted by molar-refractivity contribution is 0.192. The van der Waals surface area contributed by atoms with Crippen molar-refractivity contribution in [2.24, 2.45) is 5.92 Å². The summed E-state index contributed by atoms with van der Waals surface area (Å²) < 4.78 is 4.98. The number of aliphatic hydroxyl groups is 1. The fraction of sp³-hybridized carbons (Fsp3) is 0.364. The van der Waals surface area contributed by atoms with Gasteiger partial charge in [0.05, 0.1) is 0 Å². The lowest BCUT2D eigenvalue weighted by Crippen LogP contribution is -2.31. The van der Waals surface area contributed by atoms with Crippen LogP contribution >= 0.6 is 0 Å². The number of carbonyl (C=O) groups excluding carboxylic acids is 1. The molecule has 0 radical (unpaired) electrons. The molecule has 0 spiro atoms. The van der Waals surface area contributed by atoms with Crippen LogP contribution in [0.5, 0.6) is 5.75 Å². The molecule has 0 bridgehead atoms. The summed E-state index contributed by atoms with van der Waals surface area (Å²) >= 11 is 0. The SMILES string of the molecule is CC(CO)CNC(=O)Oc1ccccc1. The molecule has 0 aliphatic carbocycles. The number of rotatable bonds is 4. The van der Waals surface area contributed by atoms with E-state index in [1.807, 2.05) is 13.0 Å². The smallest absolute Gasteiger partial charge is 0.410 e. The average molecular weight is 209 g/mol. The number of amides is 1. The summed E-state index contributed by atoms with van der Waals surface area (Å²) in [6, 6.07) is 8.83. The number of nitrogens with one attached hydrogen (secondary N) is 1. The largest absolute Gasteiger partial charge is 0.412 e. The predicted octanol–water partition coefficient (Wildman–Crippen LogP) is 1.40. The summed E-state index contributed by atoms with van der Waals surface area (Å²) in [5, 5.41) is 11.3. The standard InChI is InChI=1S/C11H15NO3/c1-9(8-13)7-12-11(14)15-10-5-3-2-4-6-10/h2-6,9,13H,7-8H2,1H3,(H,12,14). The van der Waals surface area contributed by atoms with Crippen LogP contribution in [-0.4, -0.2) is 24.4 Å². The zero-order valence-corrected chi connectivity index (χ0v) is 8.64. The van der Waals surface area contributed by atoms with Crippen molar-refractivity contribution in [3.63, 3.8) is 0 Å². The fourth-order valence-corrected chi connectivity index (χ4v) is 0.954. The van der Waals surface area contributed by atoms with E-state index in [1.165, 1.54) is 0 Å². The van der Waals surface area contributed by atoms with E-state index in [0.29, 0.717) is 12.3 Å². The minimum Gasteiger partial charge on any atom is -0.410 e. The first kappa shape index (κ1) is 11.5. The van der Waals surface area contributed by atoms with E-state index < -0.39 is 6.09 Å². The third-order valence-corrected chi connectivity index (χ3v) is 1.86. The van der Waals surface area contributed by atoms with Crippen LogP contribution in [0.25, 0.3) is 0 Å². The Kier molecular flexibility index (Phi) is 4.63. The van der Waals surface area contributed by atoms with Crippen molar-refractivity contribution in [2.45, 2.75) is 6.92 Å². The Labute approximate surface area is 88.9 Å². The van der Waals surface area contributed by atoms with Crippen LogP contribution in [0.2, 0.25) is 0 Å². The van der Waals surface area contributed by atoms with E-state index in [-0.39, 0.29) is 12.5 Å². The predicted molar refractivity (Wildman–Crippen MR) is 56.7 cm³/mol. The van der Waals surface area contributed by atoms with Gasteiger partial charge >= 0.3 is 6.09 Å². The third kappa shape index (κ3) is 4.46. The first-order valence-electron chi connectivity index (χ1n) is 4.84. The van der Waals surface area contributed by atoms with Crippen molar-refractivity contribution in [1.29, 1.82) is 0 Å². The van der Waals surface area contributed by atoms with Gasteiger partial charge < -0.3 is 15.2 Å². The molecule has 1 unspecified atom stereocenters. The summed E-state index contributed by atoms with van der Waals surface area (Å²) in [4.78, 5) is 11.2. The highest BCUT2D eigenvalue weighted by molar-refractivity contribution is 5.70. The Hall–Kier alpha value is -1.55. The average Bonchev–Trinajstić information content (AvgIpc) is 2.27. The molecule has 1 rings (SSSR count). The molecule has 1 atom stereocenters. The highest BCUT2D eigenvalue weighted by Crippen LogP contribution is 2.08.